The highest BCUT2D eigenvalue weighted by Crippen LogP contribution is 2.26. The molecule has 7 nitrogen and oxygen atoms in total. The van der Waals surface area contributed by atoms with Crippen molar-refractivity contribution in [2.75, 3.05) is 0 Å². The van der Waals surface area contributed by atoms with Crippen LogP contribution in [0.5, 0.6) is 0 Å². The number of imidazole rings is 1. The van der Waals surface area contributed by atoms with Crippen molar-refractivity contribution in [1.82, 2.24) is 9.55 Å². The molecule has 0 radical (unpaired) electrons. The number of rotatable bonds is 3. The largest absolute Gasteiger partial charge is 0.478 e. The first-order valence-electron chi connectivity index (χ1n) is 4.91. The van der Waals surface area contributed by atoms with Crippen LogP contribution in [0, 0.1) is 10.1 Å². The molecule has 0 saturated heterocycles. The fourth-order valence-corrected chi connectivity index (χ4v) is 1.66. The number of benzene rings is 1. The minimum Gasteiger partial charge on any atom is -0.478 e. The maximum Gasteiger partial charge on any atom is 0.336 e. The van der Waals surface area contributed by atoms with Gasteiger partial charge < -0.3 is 9.67 Å². The summed E-state index contributed by atoms with van der Waals surface area (Å²) >= 11 is 0. The van der Waals surface area contributed by atoms with Crippen LogP contribution in [-0.2, 0) is 6.54 Å². The second kappa shape index (κ2) is 3.85. The molecule has 0 bridgehead atoms. The number of hydrogen-bond donors (Lipinski definition) is 1. The molecule has 1 aromatic carbocycles. The smallest absolute Gasteiger partial charge is 0.336 e. The summed E-state index contributed by atoms with van der Waals surface area (Å²) in [6.45, 7) is 2.41. The number of non-ortho nitro benzene ring substituents is 1. The number of nitrogens with zero attached hydrogens (tertiary/aromatic N) is 3. The predicted octanol–water partition coefficient (Wildman–Crippen LogP) is 1.66. The first-order chi connectivity index (χ1) is 8.04. The summed E-state index contributed by atoms with van der Waals surface area (Å²) in [6.07, 6.45) is 1.46. The van der Waals surface area contributed by atoms with Gasteiger partial charge in [0.05, 0.1) is 22.3 Å². The molecule has 0 atom stereocenters. The van der Waals surface area contributed by atoms with E-state index in [9.17, 15) is 14.9 Å². The maximum absolute atomic E-state index is 10.9. The Labute approximate surface area is 95.5 Å². The minimum atomic E-state index is -1.20. The van der Waals surface area contributed by atoms with Crippen LogP contribution in [-0.4, -0.2) is 25.6 Å². The Morgan fingerprint density at radius 3 is 2.82 bits per heavy atom. The minimum absolute atomic E-state index is 0.112. The van der Waals surface area contributed by atoms with Gasteiger partial charge in [0.15, 0.2) is 5.52 Å². The van der Waals surface area contributed by atoms with Crippen molar-refractivity contribution in [1.29, 1.82) is 0 Å². The Morgan fingerprint density at radius 1 is 1.59 bits per heavy atom. The van der Waals surface area contributed by atoms with Crippen molar-refractivity contribution in [3.05, 3.63) is 34.1 Å². The molecule has 0 unspecified atom stereocenters. The summed E-state index contributed by atoms with van der Waals surface area (Å²) in [5, 5.41) is 19.8. The van der Waals surface area contributed by atoms with Gasteiger partial charge in [-0.25, -0.2) is 9.78 Å². The maximum atomic E-state index is 10.9. The third-order valence-corrected chi connectivity index (χ3v) is 2.49. The highest BCUT2D eigenvalue weighted by atomic mass is 16.6. The zero-order chi connectivity index (χ0) is 12.6. The summed E-state index contributed by atoms with van der Waals surface area (Å²) in [6, 6.07) is 2.42. The van der Waals surface area contributed by atoms with Crippen LogP contribution in [0.3, 0.4) is 0 Å². The molecule has 0 aliphatic carbocycles. The van der Waals surface area contributed by atoms with Crippen LogP contribution in [0.4, 0.5) is 5.69 Å². The molecule has 1 aromatic heterocycles. The van der Waals surface area contributed by atoms with Crippen LogP contribution in [0.15, 0.2) is 18.5 Å². The monoisotopic (exact) mass is 235 g/mol. The first-order valence-corrected chi connectivity index (χ1v) is 4.91. The van der Waals surface area contributed by atoms with Gasteiger partial charge in [0, 0.05) is 12.6 Å². The number of nitro groups is 1. The second-order valence-corrected chi connectivity index (χ2v) is 3.46. The molecule has 1 N–H and O–H groups in total. The highest BCUT2D eigenvalue weighted by Gasteiger charge is 2.20. The van der Waals surface area contributed by atoms with E-state index in [4.69, 9.17) is 5.11 Å². The predicted molar refractivity (Wildman–Crippen MR) is 59.0 cm³/mol. The summed E-state index contributed by atoms with van der Waals surface area (Å²) in [7, 11) is 0. The lowest BCUT2D eigenvalue weighted by Gasteiger charge is -2.01. The van der Waals surface area contributed by atoms with Crippen molar-refractivity contribution < 1.29 is 14.8 Å². The van der Waals surface area contributed by atoms with Gasteiger partial charge in [0.1, 0.15) is 0 Å². The molecule has 2 aromatic rings. The second-order valence-electron chi connectivity index (χ2n) is 3.46. The van der Waals surface area contributed by atoms with E-state index >= 15 is 0 Å². The zero-order valence-electron chi connectivity index (χ0n) is 8.95. The third-order valence-electron chi connectivity index (χ3n) is 2.49. The van der Waals surface area contributed by atoms with Crippen molar-refractivity contribution >= 4 is 22.7 Å². The highest BCUT2D eigenvalue weighted by molar-refractivity contribution is 5.96. The van der Waals surface area contributed by atoms with Gasteiger partial charge in [-0.05, 0) is 13.0 Å². The normalized spacial score (nSPS) is 10.6. The third kappa shape index (κ3) is 1.71. The Hall–Kier alpha value is -2.44. The lowest BCUT2D eigenvalue weighted by Crippen LogP contribution is -2.00. The van der Waals surface area contributed by atoms with Crippen LogP contribution < -0.4 is 0 Å². The van der Waals surface area contributed by atoms with E-state index in [1.54, 1.807) is 4.57 Å². The fraction of sp³-hybridized carbons (Fsp3) is 0.200. The van der Waals surface area contributed by atoms with Gasteiger partial charge in [-0.3, -0.25) is 10.1 Å². The Morgan fingerprint density at radius 2 is 2.29 bits per heavy atom. The van der Waals surface area contributed by atoms with Crippen LogP contribution in [0.1, 0.15) is 17.3 Å². The quantitative estimate of drug-likeness (QED) is 0.644. The zero-order valence-corrected chi connectivity index (χ0v) is 8.95. The van der Waals surface area contributed by atoms with Crippen molar-refractivity contribution in [3.63, 3.8) is 0 Å². The molecule has 0 spiro atoms. The van der Waals surface area contributed by atoms with Gasteiger partial charge in [-0.2, -0.15) is 0 Å². The van der Waals surface area contributed by atoms with E-state index in [0.717, 1.165) is 6.07 Å². The summed E-state index contributed by atoms with van der Waals surface area (Å²) in [5.41, 5.74) is 0.271. The number of aromatic carboxylic acids is 1. The van der Waals surface area contributed by atoms with E-state index in [-0.39, 0.29) is 16.8 Å². The Kier molecular flexibility index (Phi) is 2.51. The van der Waals surface area contributed by atoms with Crippen LogP contribution >= 0.6 is 0 Å². The first kappa shape index (κ1) is 11.1. The van der Waals surface area contributed by atoms with Gasteiger partial charge >= 0.3 is 5.97 Å². The van der Waals surface area contributed by atoms with E-state index in [1.165, 1.54) is 12.4 Å². The lowest BCUT2D eigenvalue weighted by molar-refractivity contribution is -0.383. The molecular weight excluding hydrogens is 226 g/mol. The molecule has 0 amide bonds. The topological polar surface area (TPSA) is 98.3 Å². The van der Waals surface area contributed by atoms with Crippen molar-refractivity contribution in [2.24, 2.45) is 0 Å². The number of carbonyl (C=O) groups is 1. The number of aromatic nitrogens is 2. The number of aryl methyl sites for hydroxylation is 1. The number of fused-ring (bicyclic) bond motifs is 1. The van der Waals surface area contributed by atoms with Crippen molar-refractivity contribution in [3.8, 4) is 0 Å². The van der Waals surface area contributed by atoms with Crippen LogP contribution in [0.25, 0.3) is 11.0 Å². The SMILES string of the molecule is CCn1cnc2c([N+](=O)[O-])cc(C(=O)O)cc21. The molecule has 1 heterocycles. The van der Waals surface area contributed by atoms with Gasteiger partial charge in [-0.15, -0.1) is 0 Å². The number of nitro benzene ring substituents is 1. The number of hydrogen-bond acceptors (Lipinski definition) is 4. The molecule has 17 heavy (non-hydrogen) atoms. The number of carboxylic acid groups (broad SMARTS) is 1. The van der Waals surface area contributed by atoms with Gasteiger partial charge in [0.25, 0.3) is 5.69 Å². The van der Waals surface area contributed by atoms with Gasteiger partial charge in [0.2, 0.25) is 0 Å². The molecule has 88 valence electrons. The number of carboxylic acids is 1. The molecule has 2 rings (SSSR count). The average molecular weight is 235 g/mol. The van der Waals surface area contributed by atoms with Crippen molar-refractivity contribution in [2.45, 2.75) is 13.5 Å². The summed E-state index contributed by atoms with van der Waals surface area (Å²) in [5.74, 6) is -1.20. The van der Waals surface area contributed by atoms with Crippen LogP contribution in [0.2, 0.25) is 0 Å². The fourth-order valence-electron chi connectivity index (χ4n) is 1.66. The molecule has 0 aliphatic heterocycles. The van der Waals surface area contributed by atoms with E-state index in [0.29, 0.717) is 12.1 Å². The summed E-state index contributed by atoms with van der Waals surface area (Å²) in [4.78, 5) is 25.1. The van der Waals surface area contributed by atoms with Gasteiger partial charge in [-0.1, -0.05) is 0 Å². The molecule has 0 aliphatic rings. The Balaban J connectivity index is 2.83. The van der Waals surface area contributed by atoms with E-state index < -0.39 is 10.9 Å². The van der Waals surface area contributed by atoms with E-state index in [2.05, 4.69) is 4.98 Å². The Bertz CT molecular complexity index is 617. The summed E-state index contributed by atoms with van der Waals surface area (Å²) < 4.78 is 1.66. The molecule has 0 saturated carbocycles. The molecular formula is C10H9N3O4. The standard InChI is InChI=1S/C10H9N3O4/c1-2-12-5-11-9-7(12)3-6(10(14)15)4-8(9)13(16)17/h3-5H,2H2,1H3,(H,14,15). The average Bonchev–Trinajstić information content (AvgIpc) is 2.69. The molecule has 0 fully saturated rings. The van der Waals surface area contributed by atoms with E-state index in [1.807, 2.05) is 6.92 Å². The molecule has 7 heteroatoms. The lowest BCUT2D eigenvalue weighted by atomic mass is 10.1.